The summed E-state index contributed by atoms with van der Waals surface area (Å²) in [5.74, 6) is 0.775. The molecule has 1 unspecified atom stereocenters. The van der Waals surface area contributed by atoms with E-state index in [2.05, 4.69) is 58.3 Å². The van der Waals surface area contributed by atoms with Crippen LogP contribution in [-0.4, -0.2) is 18.6 Å². The average Bonchev–Trinajstić information content (AvgIpc) is 2.43. The van der Waals surface area contributed by atoms with E-state index in [0.717, 1.165) is 22.3 Å². The summed E-state index contributed by atoms with van der Waals surface area (Å²) in [6, 6.07) is 8.57. The lowest BCUT2D eigenvalue weighted by molar-refractivity contribution is 0.411. The van der Waals surface area contributed by atoms with Crippen LogP contribution in [0.5, 0.6) is 5.75 Å². The van der Waals surface area contributed by atoms with Gasteiger partial charge in [0.1, 0.15) is 5.75 Å². The van der Waals surface area contributed by atoms with Gasteiger partial charge in [-0.15, -0.1) is 0 Å². The van der Waals surface area contributed by atoms with Crippen molar-refractivity contribution in [2.45, 2.75) is 19.9 Å². The molecule has 2 aromatic rings. The molecule has 1 aromatic carbocycles. The van der Waals surface area contributed by atoms with Crippen molar-refractivity contribution in [2.75, 3.05) is 13.7 Å². The van der Waals surface area contributed by atoms with Gasteiger partial charge in [-0.3, -0.25) is 4.98 Å². The van der Waals surface area contributed by atoms with Crippen LogP contribution >= 0.6 is 15.9 Å². The number of halogens is 1. The first kappa shape index (κ1) is 15.0. The molecule has 3 nitrogen and oxygen atoms in total. The van der Waals surface area contributed by atoms with E-state index in [9.17, 15) is 0 Å². The molecule has 0 aliphatic heterocycles. The molecule has 0 saturated heterocycles. The molecule has 1 N–H and O–H groups in total. The first-order valence-corrected chi connectivity index (χ1v) is 7.42. The predicted octanol–water partition coefficient (Wildman–Crippen LogP) is 3.86. The number of hydrogen-bond donors (Lipinski definition) is 1. The highest BCUT2D eigenvalue weighted by Crippen LogP contribution is 2.27. The number of hydrogen-bond acceptors (Lipinski definition) is 3. The number of nitrogens with zero attached hydrogens (tertiary/aromatic N) is 1. The summed E-state index contributed by atoms with van der Waals surface area (Å²) in [6.07, 6.45) is 3.60. The minimum atomic E-state index is 0.110. The maximum Gasteiger partial charge on any atom is 0.137 e. The zero-order valence-electron chi connectivity index (χ0n) is 12.0. The minimum absolute atomic E-state index is 0.110. The molecule has 0 fully saturated rings. The zero-order chi connectivity index (χ0) is 14.5. The van der Waals surface area contributed by atoms with Gasteiger partial charge in [0.2, 0.25) is 0 Å². The summed E-state index contributed by atoms with van der Waals surface area (Å²) in [4.78, 5) is 4.25. The Labute approximate surface area is 128 Å². The Balaban J connectivity index is 2.43. The van der Waals surface area contributed by atoms with Gasteiger partial charge in [-0.2, -0.15) is 0 Å². The van der Waals surface area contributed by atoms with Crippen LogP contribution in [0.1, 0.15) is 29.7 Å². The molecular formula is C16H19BrN2O. The molecule has 20 heavy (non-hydrogen) atoms. The standard InChI is InChI=1S/C16H19BrN2O/c1-4-19-16(12-5-11(2)6-14(17)7-12)13-8-15(20-3)10-18-9-13/h5-10,16,19H,4H2,1-3H3. The van der Waals surface area contributed by atoms with Crippen LogP contribution in [0, 0.1) is 6.92 Å². The van der Waals surface area contributed by atoms with Crippen LogP contribution in [0.4, 0.5) is 0 Å². The lowest BCUT2D eigenvalue weighted by Gasteiger charge is -2.20. The molecule has 0 amide bonds. The molecule has 0 radical (unpaired) electrons. The van der Waals surface area contributed by atoms with E-state index in [-0.39, 0.29) is 6.04 Å². The smallest absolute Gasteiger partial charge is 0.137 e. The van der Waals surface area contributed by atoms with Crippen molar-refractivity contribution in [3.05, 3.63) is 57.8 Å². The Morgan fingerprint density at radius 3 is 2.65 bits per heavy atom. The van der Waals surface area contributed by atoms with Crippen molar-refractivity contribution < 1.29 is 4.74 Å². The number of benzene rings is 1. The van der Waals surface area contributed by atoms with Crippen LogP contribution in [0.15, 0.2) is 41.1 Å². The molecule has 0 bridgehead atoms. The molecule has 0 aliphatic rings. The molecule has 106 valence electrons. The second kappa shape index (κ2) is 6.86. The summed E-state index contributed by atoms with van der Waals surface area (Å²) in [5.41, 5.74) is 3.55. The maximum absolute atomic E-state index is 5.27. The van der Waals surface area contributed by atoms with Gasteiger partial charge >= 0.3 is 0 Å². The molecule has 1 atom stereocenters. The highest BCUT2D eigenvalue weighted by molar-refractivity contribution is 9.10. The number of rotatable bonds is 5. The van der Waals surface area contributed by atoms with Crippen LogP contribution in [0.2, 0.25) is 0 Å². The van der Waals surface area contributed by atoms with Crippen molar-refractivity contribution in [1.82, 2.24) is 10.3 Å². The van der Waals surface area contributed by atoms with E-state index in [1.54, 1.807) is 13.3 Å². The van der Waals surface area contributed by atoms with E-state index in [4.69, 9.17) is 4.74 Å². The molecule has 4 heteroatoms. The van der Waals surface area contributed by atoms with Gasteiger partial charge < -0.3 is 10.1 Å². The Morgan fingerprint density at radius 1 is 1.20 bits per heavy atom. The topological polar surface area (TPSA) is 34.2 Å². The molecule has 1 heterocycles. The van der Waals surface area contributed by atoms with Crippen molar-refractivity contribution in [2.24, 2.45) is 0 Å². The highest BCUT2D eigenvalue weighted by atomic mass is 79.9. The van der Waals surface area contributed by atoms with Crippen molar-refractivity contribution in [3.8, 4) is 5.75 Å². The lowest BCUT2D eigenvalue weighted by atomic mass is 9.98. The highest BCUT2D eigenvalue weighted by Gasteiger charge is 2.15. The lowest BCUT2D eigenvalue weighted by Crippen LogP contribution is -2.22. The monoisotopic (exact) mass is 334 g/mol. The van der Waals surface area contributed by atoms with E-state index in [0.29, 0.717) is 0 Å². The fourth-order valence-corrected chi connectivity index (χ4v) is 2.89. The van der Waals surface area contributed by atoms with Gasteiger partial charge in [0.25, 0.3) is 0 Å². The summed E-state index contributed by atoms with van der Waals surface area (Å²) in [6.45, 7) is 5.08. The molecule has 0 saturated carbocycles. The van der Waals surface area contributed by atoms with Gasteiger partial charge in [0.15, 0.2) is 0 Å². The Kier molecular flexibility index (Phi) is 5.15. The van der Waals surface area contributed by atoms with Crippen LogP contribution in [0.3, 0.4) is 0 Å². The van der Waals surface area contributed by atoms with Crippen LogP contribution in [0.25, 0.3) is 0 Å². The van der Waals surface area contributed by atoms with E-state index in [1.165, 1.54) is 11.1 Å². The van der Waals surface area contributed by atoms with Crippen LogP contribution < -0.4 is 10.1 Å². The van der Waals surface area contributed by atoms with Gasteiger partial charge in [0, 0.05) is 10.7 Å². The van der Waals surface area contributed by atoms with Gasteiger partial charge in [-0.1, -0.05) is 28.9 Å². The number of pyridine rings is 1. The molecule has 0 aliphatic carbocycles. The van der Waals surface area contributed by atoms with Gasteiger partial charge in [-0.25, -0.2) is 0 Å². The largest absolute Gasteiger partial charge is 0.495 e. The van der Waals surface area contributed by atoms with Gasteiger partial charge in [0.05, 0.1) is 19.3 Å². The SMILES string of the molecule is CCNC(c1cc(C)cc(Br)c1)c1cncc(OC)c1. The number of aryl methyl sites for hydroxylation is 1. The summed E-state index contributed by atoms with van der Waals surface area (Å²) < 4.78 is 6.36. The van der Waals surface area contributed by atoms with Crippen molar-refractivity contribution in [3.63, 3.8) is 0 Å². The quantitative estimate of drug-likeness (QED) is 0.901. The first-order valence-electron chi connectivity index (χ1n) is 6.63. The fraction of sp³-hybridized carbons (Fsp3) is 0.312. The van der Waals surface area contributed by atoms with Crippen molar-refractivity contribution in [1.29, 1.82) is 0 Å². The Hall–Kier alpha value is -1.39. The fourth-order valence-electron chi connectivity index (χ4n) is 2.27. The maximum atomic E-state index is 5.27. The third-order valence-electron chi connectivity index (χ3n) is 3.11. The van der Waals surface area contributed by atoms with Gasteiger partial charge in [-0.05, 0) is 48.4 Å². The third-order valence-corrected chi connectivity index (χ3v) is 3.57. The van der Waals surface area contributed by atoms with E-state index >= 15 is 0 Å². The zero-order valence-corrected chi connectivity index (χ0v) is 13.6. The predicted molar refractivity (Wildman–Crippen MR) is 85.2 cm³/mol. The number of ether oxygens (including phenoxy) is 1. The van der Waals surface area contributed by atoms with E-state index in [1.807, 2.05) is 12.3 Å². The summed E-state index contributed by atoms with van der Waals surface area (Å²) in [7, 11) is 1.66. The average molecular weight is 335 g/mol. The molecular weight excluding hydrogens is 316 g/mol. The number of aromatic nitrogens is 1. The molecule has 2 rings (SSSR count). The molecule has 1 aromatic heterocycles. The molecule has 0 spiro atoms. The van der Waals surface area contributed by atoms with Crippen molar-refractivity contribution >= 4 is 15.9 Å². The normalized spacial score (nSPS) is 12.2. The first-order chi connectivity index (χ1) is 9.63. The number of nitrogens with one attached hydrogen (secondary N) is 1. The third kappa shape index (κ3) is 3.58. The second-order valence-electron chi connectivity index (χ2n) is 4.71. The summed E-state index contributed by atoms with van der Waals surface area (Å²) in [5, 5.41) is 3.50. The Morgan fingerprint density at radius 2 is 2.00 bits per heavy atom. The summed E-state index contributed by atoms with van der Waals surface area (Å²) >= 11 is 3.56. The minimum Gasteiger partial charge on any atom is -0.495 e. The Bertz CT molecular complexity index is 566. The second-order valence-corrected chi connectivity index (χ2v) is 5.63. The van der Waals surface area contributed by atoms with Crippen LogP contribution in [-0.2, 0) is 0 Å². The number of methoxy groups -OCH3 is 1. The van der Waals surface area contributed by atoms with E-state index < -0.39 is 0 Å².